The maximum Gasteiger partial charge on any atom is 0.277 e. The first-order valence-electron chi connectivity index (χ1n) is 10.6. The van der Waals surface area contributed by atoms with Crippen LogP contribution in [-0.4, -0.2) is 54.5 Å². The van der Waals surface area contributed by atoms with Gasteiger partial charge in [0.15, 0.2) is 0 Å². The lowest BCUT2D eigenvalue weighted by atomic mass is 9.98. The van der Waals surface area contributed by atoms with Crippen LogP contribution in [0.2, 0.25) is 0 Å². The fraction of sp³-hybridized carbons (Fsp3) is 0.565. The van der Waals surface area contributed by atoms with Crippen LogP contribution in [0.4, 0.5) is 0 Å². The number of piperidine rings is 1. The van der Waals surface area contributed by atoms with Gasteiger partial charge in [0, 0.05) is 32.8 Å². The van der Waals surface area contributed by atoms with Gasteiger partial charge >= 0.3 is 0 Å². The molecule has 2 heterocycles. The van der Waals surface area contributed by atoms with Gasteiger partial charge in [0.1, 0.15) is 5.70 Å². The van der Waals surface area contributed by atoms with E-state index < -0.39 is 0 Å². The third-order valence-corrected chi connectivity index (χ3v) is 5.49. The van der Waals surface area contributed by atoms with Gasteiger partial charge in [0.25, 0.3) is 11.8 Å². The fourth-order valence-electron chi connectivity index (χ4n) is 3.99. The molecule has 0 N–H and O–H groups in total. The van der Waals surface area contributed by atoms with Crippen molar-refractivity contribution >= 4 is 17.4 Å². The minimum atomic E-state index is -0.169. The van der Waals surface area contributed by atoms with Crippen LogP contribution < -0.4 is 0 Å². The average Bonchev–Trinajstić information content (AvgIpc) is 2.95. The molecule has 0 aromatic heterocycles. The van der Waals surface area contributed by atoms with Crippen LogP contribution in [0.3, 0.4) is 0 Å². The van der Waals surface area contributed by atoms with Gasteiger partial charge in [-0.1, -0.05) is 50.6 Å². The highest BCUT2D eigenvalue weighted by atomic mass is 16.5. The number of unbranched alkanes of at least 4 members (excludes halogenated alkanes) is 1. The van der Waals surface area contributed by atoms with E-state index in [-0.39, 0.29) is 11.8 Å². The lowest BCUT2D eigenvalue weighted by molar-refractivity contribution is -0.137. The van der Waals surface area contributed by atoms with Crippen LogP contribution in [0.15, 0.2) is 36.0 Å². The molecule has 5 nitrogen and oxygen atoms in total. The molecular formula is C23H32N2O3. The fourth-order valence-corrected chi connectivity index (χ4v) is 3.99. The van der Waals surface area contributed by atoms with E-state index in [1.54, 1.807) is 0 Å². The number of carbonyl (C=O) groups excluding carboxylic acids is 2. The molecule has 1 aromatic carbocycles. The summed E-state index contributed by atoms with van der Waals surface area (Å²) < 4.78 is 5.60. The topological polar surface area (TPSA) is 49.9 Å². The number of benzene rings is 1. The Balaban J connectivity index is 1.77. The highest BCUT2D eigenvalue weighted by molar-refractivity contribution is 6.35. The molecule has 1 unspecified atom stereocenters. The van der Waals surface area contributed by atoms with E-state index in [2.05, 4.69) is 18.7 Å². The summed E-state index contributed by atoms with van der Waals surface area (Å²) in [6.45, 7) is 7.73. The maximum atomic E-state index is 13.2. The molecule has 1 atom stereocenters. The van der Waals surface area contributed by atoms with Crippen LogP contribution in [-0.2, 0) is 14.3 Å². The number of ether oxygens (including phenoxy) is 1. The van der Waals surface area contributed by atoms with E-state index in [0.29, 0.717) is 36.8 Å². The largest absolute Gasteiger partial charge is 0.381 e. The zero-order chi connectivity index (χ0) is 19.9. The molecule has 2 aliphatic heterocycles. The van der Waals surface area contributed by atoms with Crippen molar-refractivity contribution < 1.29 is 14.3 Å². The SMILES string of the molecule is CCCCOCCCN1C(=O)C(c2ccccc2)=C(N2CCCC(C)C2)C1=O. The second-order valence-corrected chi connectivity index (χ2v) is 7.86. The normalized spacial score (nSPS) is 20.4. The van der Waals surface area contributed by atoms with Gasteiger partial charge in [-0.15, -0.1) is 0 Å². The highest BCUT2D eigenvalue weighted by Gasteiger charge is 2.41. The summed E-state index contributed by atoms with van der Waals surface area (Å²) in [6, 6.07) is 9.61. The standard InChI is InChI=1S/C23H32N2O3/c1-3-4-15-28-16-9-14-25-22(26)20(19-11-6-5-7-12-19)21(23(25)27)24-13-8-10-18(2)17-24/h5-7,11-12,18H,3-4,8-10,13-17H2,1-2H3. The van der Waals surface area contributed by atoms with E-state index in [4.69, 9.17) is 4.74 Å². The first-order valence-corrected chi connectivity index (χ1v) is 10.6. The smallest absolute Gasteiger partial charge is 0.277 e. The predicted molar refractivity (Wildman–Crippen MR) is 110 cm³/mol. The molecule has 3 rings (SSSR count). The lowest BCUT2D eigenvalue weighted by Gasteiger charge is -2.33. The predicted octanol–water partition coefficient (Wildman–Crippen LogP) is 3.71. The summed E-state index contributed by atoms with van der Waals surface area (Å²) in [4.78, 5) is 30.0. The molecule has 0 spiro atoms. The molecular weight excluding hydrogens is 352 g/mol. The van der Waals surface area contributed by atoms with Crippen molar-refractivity contribution in [2.75, 3.05) is 32.8 Å². The van der Waals surface area contributed by atoms with E-state index in [0.717, 1.165) is 44.5 Å². The van der Waals surface area contributed by atoms with Crippen LogP contribution in [0, 0.1) is 5.92 Å². The van der Waals surface area contributed by atoms with Crippen molar-refractivity contribution in [3.63, 3.8) is 0 Å². The summed E-state index contributed by atoms with van der Waals surface area (Å²) >= 11 is 0. The van der Waals surface area contributed by atoms with Crippen LogP contribution >= 0.6 is 0 Å². The molecule has 0 aliphatic carbocycles. The minimum Gasteiger partial charge on any atom is -0.381 e. The Labute approximate surface area is 168 Å². The summed E-state index contributed by atoms with van der Waals surface area (Å²) in [6.07, 6.45) is 5.04. The Kier molecular flexibility index (Phi) is 7.26. The molecule has 0 saturated carbocycles. The second-order valence-electron chi connectivity index (χ2n) is 7.86. The third-order valence-electron chi connectivity index (χ3n) is 5.49. The van der Waals surface area contributed by atoms with Gasteiger partial charge in [0.2, 0.25) is 0 Å². The summed E-state index contributed by atoms with van der Waals surface area (Å²) in [5.41, 5.74) is 1.98. The quantitative estimate of drug-likeness (QED) is 0.481. The number of hydrogen-bond acceptors (Lipinski definition) is 4. The van der Waals surface area contributed by atoms with Crippen LogP contribution in [0.1, 0.15) is 51.5 Å². The molecule has 152 valence electrons. The Morgan fingerprint density at radius 2 is 1.82 bits per heavy atom. The first-order chi connectivity index (χ1) is 13.6. The van der Waals surface area contributed by atoms with E-state index in [1.807, 2.05) is 30.3 Å². The monoisotopic (exact) mass is 384 g/mol. The van der Waals surface area contributed by atoms with Crippen molar-refractivity contribution in [3.8, 4) is 0 Å². The second kappa shape index (κ2) is 9.87. The van der Waals surface area contributed by atoms with Gasteiger partial charge in [-0.25, -0.2) is 0 Å². The zero-order valence-electron chi connectivity index (χ0n) is 17.2. The molecule has 2 amide bonds. The van der Waals surface area contributed by atoms with Crippen LogP contribution in [0.25, 0.3) is 5.57 Å². The maximum absolute atomic E-state index is 13.2. The van der Waals surface area contributed by atoms with Gasteiger partial charge in [0.05, 0.1) is 5.57 Å². The van der Waals surface area contributed by atoms with Crippen molar-refractivity contribution in [1.82, 2.24) is 9.80 Å². The summed E-state index contributed by atoms with van der Waals surface area (Å²) in [5, 5.41) is 0. The van der Waals surface area contributed by atoms with Gasteiger partial charge in [-0.2, -0.15) is 0 Å². The van der Waals surface area contributed by atoms with Crippen molar-refractivity contribution in [1.29, 1.82) is 0 Å². The molecule has 28 heavy (non-hydrogen) atoms. The number of rotatable bonds is 9. The van der Waals surface area contributed by atoms with Crippen molar-refractivity contribution in [2.24, 2.45) is 5.92 Å². The third kappa shape index (κ3) is 4.64. The number of hydrogen-bond donors (Lipinski definition) is 0. The minimum absolute atomic E-state index is 0.147. The highest BCUT2D eigenvalue weighted by Crippen LogP contribution is 2.33. The average molecular weight is 385 g/mol. The Morgan fingerprint density at radius 3 is 2.54 bits per heavy atom. The molecule has 0 radical (unpaired) electrons. The number of nitrogens with zero attached hydrogens (tertiary/aromatic N) is 2. The number of amides is 2. The first kappa shape index (κ1) is 20.6. The molecule has 2 aliphatic rings. The Bertz CT molecular complexity index is 714. The molecule has 1 saturated heterocycles. The van der Waals surface area contributed by atoms with E-state index in [9.17, 15) is 9.59 Å². The molecule has 1 aromatic rings. The van der Waals surface area contributed by atoms with Gasteiger partial charge in [-0.05, 0) is 37.2 Å². The molecule has 5 heteroatoms. The van der Waals surface area contributed by atoms with Crippen LogP contribution in [0.5, 0.6) is 0 Å². The number of carbonyl (C=O) groups is 2. The molecule has 0 bridgehead atoms. The molecule has 1 fully saturated rings. The zero-order valence-corrected chi connectivity index (χ0v) is 17.2. The summed E-state index contributed by atoms with van der Waals surface area (Å²) in [5.74, 6) is 0.215. The van der Waals surface area contributed by atoms with Crippen molar-refractivity contribution in [3.05, 3.63) is 41.6 Å². The summed E-state index contributed by atoms with van der Waals surface area (Å²) in [7, 11) is 0. The number of likely N-dealkylation sites (tertiary alicyclic amines) is 1. The van der Waals surface area contributed by atoms with E-state index in [1.165, 1.54) is 11.3 Å². The van der Waals surface area contributed by atoms with E-state index >= 15 is 0 Å². The lowest BCUT2D eigenvalue weighted by Crippen LogP contribution is -2.39. The Hall–Kier alpha value is -2.14. The Morgan fingerprint density at radius 1 is 1.07 bits per heavy atom. The van der Waals surface area contributed by atoms with Gasteiger partial charge < -0.3 is 9.64 Å². The van der Waals surface area contributed by atoms with Crippen molar-refractivity contribution in [2.45, 2.75) is 46.0 Å². The van der Waals surface area contributed by atoms with Gasteiger partial charge in [-0.3, -0.25) is 14.5 Å². The number of imide groups is 1.